The van der Waals surface area contributed by atoms with Crippen molar-refractivity contribution in [3.63, 3.8) is 0 Å². The molecular formula is C6H8ClN. The third-order valence-electron chi connectivity index (χ3n) is 0.583. The lowest BCUT2D eigenvalue weighted by Crippen LogP contribution is -1.74. The van der Waals surface area contributed by atoms with Crippen molar-refractivity contribution in [3.05, 3.63) is 24.8 Å². The van der Waals surface area contributed by atoms with E-state index in [0.29, 0.717) is 5.17 Å². The van der Waals surface area contributed by atoms with Gasteiger partial charge in [-0.2, -0.15) is 0 Å². The number of hydrogen-bond donors (Lipinski definition) is 0. The number of nitrogens with zero attached hydrogens (tertiary/aromatic N) is 1. The average molecular weight is 130 g/mol. The summed E-state index contributed by atoms with van der Waals surface area (Å²) in [6.45, 7) is 3.47. The molecule has 0 fully saturated rings. The van der Waals surface area contributed by atoms with E-state index >= 15 is 0 Å². The first-order valence-corrected chi connectivity index (χ1v) is 2.60. The lowest BCUT2D eigenvalue weighted by atomic mass is 10.5. The summed E-state index contributed by atoms with van der Waals surface area (Å²) < 4.78 is 0. The Labute approximate surface area is 54.4 Å². The van der Waals surface area contributed by atoms with Crippen molar-refractivity contribution in [1.82, 2.24) is 0 Å². The summed E-state index contributed by atoms with van der Waals surface area (Å²) in [4.78, 5) is 3.67. The Hall–Kier alpha value is -0.560. The summed E-state index contributed by atoms with van der Waals surface area (Å²) in [5.41, 5.74) is 0. The standard InChI is InChI=1S/C6H8ClN/c1-3-4-5-6(7)8-2/h3-5H,1H2,2H3/b5-4-,8-6?. The number of allylic oxidation sites excluding steroid dienone is 3. The van der Waals surface area contributed by atoms with Gasteiger partial charge in [0.15, 0.2) is 0 Å². The second-order valence-electron chi connectivity index (χ2n) is 1.14. The number of hydrogen-bond acceptors (Lipinski definition) is 1. The minimum atomic E-state index is 0.491. The third-order valence-corrected chi connectivity index (χ3v) is 0.878. The van der Waals surface area contributed by atoms with Gasteiger partial charge in [-0.1, -0.05) is 30.3 Å². The highest BCUT2D eigenvalue weighted by Gasteiger charge is 1.76. The molecule has 0 atom stereocenters. The summed E-state index contributed by atoms with van der Waals surface area (Å²) in [5.74, 6) is 0. The lowest BCUT2D eigenvalue weighted by molar-refractivity contribution is 1.47. The second-order valence-corrected chi connectivity index (χ2v) is 1.53. The summed E-state index contributed by atoms with van der Waals surface area (Å²) >= 11 is 5.46. The van der Waals surface area contributed by atoms with Crippen molar-refractivity contribution in [1.29, 1.82) is 0 Å². The van der Waals surface area contributed by atoms with Gasteiger partial charge in [-0.25, -0.2) is 0 Å². The van der Waals surface area contributed by atoms with Crippen LogP contribution in [0.4, 0.5) is 0 Å². The van der Waals surface area contributed by atoms with Crippen LogP contribution in [-0.2, 0) is 0 Å². The van der Waals surface area contributed by atoms with Gasteiger partial charge >= 0.3 is 0 Å². The van der Waals surface area contributed by atoms with Crippen LogP contribution in [0.5, 0.6) is 0 Å². The Morgan fingerprint density at radius 2 is 2.38 bits per heavy atom. The Morgan fingerprint density at radius 3 is 2.75 bits per heavy atom. The van der Waals surface area contributed by atoms with Crippen LogP contribution in [-0.4, -0.2) is 12.2 Å². The van der Waals surface area contributed by atoms with E-state index in [1.807, 2.05) is 0 Å². The third kappa shape index (κ3) is 3.62. The topological polar surface area (TPSA) is 12.4 Å². The molecule has 8 heavy (non-hydrogen) atoms. The molecule has 0 saturated carbocycles. The first kappa shape index (κ1) is 7.44. The van der Waals surface area contributed by atoms with Gasteiger partial charge in [0, 0.05) is 7.05 Å². The quantitative estimate of drug-likeness (QED) is 0.400. The summed E-state index contributed by atoms with van der Waals surface area (Å²) in [5, 5.41) is 0.491. The van der Waals surface area contributed by atoms with E-state index in [-0.39, 0.29) is 0 Å². The van der Waals surface area contributed by atoms with E-state index in [1.54, 1.807) is 25.3 Å². The molecule has 0 aromatic heterocycles. The number of aliphatic imine (C=N–C) groups is 1. The van der Waals surface area contributed by atoms with Gasteiger partial charge in [-0.05, 0) is 6.08 Å². The van der Waals surface area contributed by atoms with Crippen molar-refractivity contribution < 1.29 is 0 Å². The van der Waals surface area contributed by atoms with E-state index in [2.05, 4.69) is 11.6 Å². The Bertz CT molecular complexity index is 124. The van der Waals surface area contributed by atoms with Gasteiger partial charge < -0.3 is 0 Å². The van der Waals surface area contributed by atoms with Gasteiger partial charge in [0.25, 0.3) is 0 Å². The smallest absolute Gasteiger partial charge is 0.123 e. The molecular weight excluding hydrogens is 122 g/mol. The van der Waals surface area contributed by atoms with Crippen molar-refractivity contribution in [2.45, 2.75) is 0 Å². The fourth-order valence-electron chi connectivity index (χ4n) is 0.222. The van der Waals surface area contributed by atoms with Gasteiger partial charge in [0.05, 0.1) is 0 Å². The highest BCUT2D eigenvalue weighted by molar-refractivity contribution is 6.68. The summed E-state index contributed by atoms with van der Waals surface area (Å²) in [7, 11) is 1.63. The molecule has 0 aliphatic rings. The van der Waals surface area contributed by atoms with E-state index in [9.17, 15) is 0 Å². The molecule has 0 bridgehead atoms. The molecule has 0 aromatic rings. The Kier molecular flexibility index (Phi) is 4.27. The van der Waals surface area contributed by atoms with Gasteiger partial charge in [0.1, 0.15) is 5.17 Å². The molecule has 0 amide bonds. The molecule has 0 aromatic carbocycles. The molecule has 44 valence electrons. The minimum absolute atomic E-state index is 0.491. The maximum atomic E-state index is 5.46. The van der Waals surface area contributed by atoms with Gasteiger partial charge in [-0.15, -0.1) is 0 Å². The van der Waals surface area contributed by atoms with Crippen LogP contribution >= 0.6 is 11.6 Å². The SMILES string of the molecule is C=C/C=C\C(Cl)=NC. The largest absolute Gasteiger partial charge is 0.277 e. The first-order valence-electron chi connectivity index (χ1n) is 2.22. The van der Waals surface area contributed by atoms with Crippen LogP contribution in [0, 0.1) is 0 Å². The number of halogens is 1. The molecule has 0 saturated heterocycles. The molecule has 0 unspecified atom stereocenters. The molecule has 0 rings (SSSR count). The Morgan fingerprint density at radius 1 is 1.75 bits per heavy atom. The monoisotopic (exact) mass is 129 g/mol. The predicted octanol–water partition coefficient (Wildman–Crippen LogP) is 2.00. The molecule has 0 spiro atoms. The fourth-order valence-corrected chi connectivity index (χ4v) is 0.295. The van der Waals surface area contributed by atoms with Gasteiger partial charge in [0.2, 0.25) is 0 Å². The van der Waals surface area contributed by atoms with E-state index in [1.165, 1.54) is 0 Å². The molecule has 0 radical (unpaired) electrons. The van der Waals surface area contributed by atoms with Crippen molar-refractivity contribution in [3.8, 4) is 0 Å². The maximum absolute atomic E-state index is 5.46. The highest BCUT2D eigenvalue weighted by atomic mass is 35.5. The summed E-state index contributed by atoms with van der Waals surface area (Å²) in [6.07, 6.45) is 5.05. The summed E-state index contributed by atoms with van der Waals surface area (Å²) in [6, 6.07) is 0. The van der Waals surface area contributed by atoms with Crippen LogP contribution in [0.1, 0.15) is 0 Å². The molecule has 1 nitrogen and oxygen atoms in total. The minimum Gasteiger partial charge on any atom is -0.277 e. The van der Waals surface area contributed by atoms with Crippen molar-refractivity contribution in [2.24, 2.45) is 4.99 Å². The van der Waals surface area contributed by atoms with Crippen molar-refractivity contribution in [2.75, 3.05) is 7.05 Å². The zero-order chi connectivity index (χ0) is 6.41. The highest BCUT2D eigenvalue weighted by Crippen LogP contribution is 1.85. The van der Waals surface area contributed by atoms with Crippen molar-refractivity contribution >= 4 is 16.8 Å². The van der Waals surface area contributed by atoms with Gasteiger partial charge in [-0.3, -0.25) is 4.99 Å². The van der Waals surface area contributed by atoms with Crippen LogP contribution in [0.25, 0.3) is 0 Å². The molecule has 0 heterocycles. The predicted molar refractivity (Wildman–Crippen MR) is 38.5 cm³/mol. The maximum Gasteiger partial charge on any atom is 0.123 e. The fraction of sp³-hybridized carbons (Fsp3) is 0.167. The van der Waals surface area contributed by atoms with Crippen LogP contribution < -0.4 is 0 Å². The normalized spacial score (nSPS) is 12.5. The molecule has 0 N–H and O–H groups in total. The molecule has 0 aliphatic carbocycles. The zero-order valence-corrected chi connectivity index (χ0v) is 5.52. The van der Waals surface area contributed by atoms with Crippen LogP contribution in [0.15, 0.2) is 29.8 Å². The van der Waals surface area contributed by atoms with E-state index < -0.39 is 0 Å². The van der Waals surface area contributed by atoms with Crippen LogP contribution in [0.3, 0.4) is 0 Å². The second kappa shape index (κ2) is 4.60. The first-order chi connectivity index (χ1) is 3.81. The lowest BCUT2D eigenvalue weighted by Gasteiger charge is -1.78. The average Bonchev–Trinajstić information content (AvgIpc) is 1.83. The molecule has 0 aliphatic heterocycles. The Balaban J connectivity index is 3.69. The van der Waals surface area contributed by atoms with Crippen LogP contribution in [0.2, 0.25) is 0 Å². The van der Waals surface area contributed by atoms with E-state index in [4.69, 9.17) is 11.6 Å². The van der Waals surface area contributed by atoms with E-state index in [0.717, 1.165) is 0 Å². The number of rotatable bonds is 2. The molecule has 2 heteroatoms. The zero-order valence-electron chi connectivity index (χ0n) is 4.76.